The standard InChI is InChI=1S/C9H9BrN2OS/c1-2-7(4-11)12-9(13)6-3-8(10)14-5-6/h3,5,7H,2H2,1H3,(H,12,13). The molecule has 1 N–H and O–H groups in total. The van der Waals surface area contributed by atoms with Gasteiger partial charge in [0.25, 0.3) is 5.91 Å². The van der Waals surface area contributed by atoms with E-state index in [1.807, 2.05) is 13.0 Å². The second kappa shape index (κ2) is 5.13. The molecule has 14 heavy (non-hydrogen) atoms. The molecule has 1 rings (SSSR count). The molecule has 1 amide bonds. The minimum Gasteiger partial charge on any atom is -0.336 e. The number of nitrogens with one attached hydrogen (secondary N) is 1. The van der Waals surface area contributed by atoms with Crippen LogP contribution in [0.25, 0.3) is 0 Å². The average Bonchev–Trinajstić information content (AvgIpc) is 2.61. The summed E-state index contributed by atoms with van der Waals surface area (Å²) >= 11 is 4.72. The molecule has 0 fully saturated rings. The topological polar surface area (TPSA) is 52.9 Å². The Balaban J connectivity index is 2.64. The summed E-state index contributed by atoms with van der Waals surface area (Å²) in [7, 11) is 0. The molecular weight excluding hydrogens is 264 g/mol. The van der Waals surface area contributed by atoms with Crippen molar-refractivity contribution in [2.75, 3.05) is 0 Å². The van der Waals surface area contributed by atoms with Gasteiger partial charge in [0.05, 0.1) is 15.4 Å². The lowest BCUT2D eigenvalue weighted by Gasteiger charge is -2.07. The van der Waals surface area contributed by atoms with Crippen LogP contribution in [0.3, 0.4) is 0 Å². The van der Waals surface area contributed by atoms with Crippen molar-refractivity contribution in [3.63, 3.8) is 0 Å². The Morgan fingerprint density at radius 3 is 3.00 bits per heavy atom. The zero-order chi connectivity index (χ0) is 10.6. The van der Waals surface area contributed by atoms with Gasteiger partial charge in [-0.25, -0.2) is 0 Å². The lowest BCUT2D eigenvalue weighted by Crippen LogP contribution is -2.32. The van der Waals surface area contributed by atoms with Crippen molar-refractivity contribution in [1.82, 2.24) is 5.32 Å². The number of carbonyl (C=O) groups is 1. The molecule has 0 bridgehead atoms. The van der Waals surface area contributed by atoms with Crippen molar-refractivity contribution in [3.05, 3.63) is 20.8 Å². The number of halogens is 1. The normalized spacial score (nSPS) is 11.8. The number of thiophene rings is 1. The highest BCUT2D eigenvalue weighted by molar-refractivity contribution is 9.11. The fourth-order valence-corrected chi connectivity index (χ4v) is 2.03. The van der Waals surface area contributed by atoms with Gasteiger partial charge < -0.3 is 5.32 Å². The molecule has 1 aromatic rings. The van der Waals surface area contributed by atoms with Gasteiger partial charge in [0, 0.05) is 5.38 Å². The second-order valence-electron chi connectivity index (χ2n) is 2.70. The maximum absolute atomic E-state index is 11.5. The molecule has 0 saturated heterocycles. The first-order valence-corrected chi connectivity index (χ1v) is 5.79. The van der Waals surface area contributed by atoms with Crippen molar-refractivity contribution in [2.24, 2.45) is 0 Å². The largest absolute Gasteiger partial charge is 0.336 e. The molecule has 0 aliphatic heterocycles. The summed E-state index contributed by atoms with van der Waals surface area (Å²) in [6.45, 7) is 1.86. The lowest BCUT2D eigenvalue weighted by atomic mass is 10.2. The monoisotopic (exact) mass is 272 g/mol. The van der Waals surface area contributed by atoms with Gasteiger partial charge in [0.1, 0.15) is 6.04 Å². The quantitative estimate of drug-likeness (QED) is 0.920. The molecular formula is C9H9BrN2OS. The summed E-state index contributed by atoms with van der Waals surface area (Å²) in [6, 6.07) is 3.36. The van der Waals surface area contributed by atoms with Crippen LogP contribution in [-0.2, 0) is 0 Å². The van der Waals surface area contributed by atoms with E-state index in [0.29, 0.717) is 12.0 Å². The molecule has 3 nitrogen and oxygen atoms in total. The number of hydrogen-bond acceptors (Lipinski definition) is 3. The highest BCUT2D eigenvalue weighted by atomic mass is 79.9. The summed E-state index contributed by atoms with van der Waals surface area (Å²) in [5.41, 5.74) is 0.593. The summed E-state index contributed by atoms with van der Waals surface area (Å²) in [5, 5.41) is 13.0. The third kappa shape index (κ3) is 2.82. The molecule has 1 heterocycles. The molecule has 1 atom stereocenters. The van der Waals surface area contributed by atoms with E-state index in [2.05, 4.69) is 21.2 Å². The first-order chi connectivity index (χ1) is 6.67. The minimum absolute atomic E-state index is 0.194. The first kappa shape index (κ1) is 11.2. The van der Waals surface area contributed by atoms with Crippen LogP contribution in [0.2, 0.25) is 0 Å². The smallest absolute Gasteiger partial charge is 0.253 e. The third-order valence-corrected chi connectivity index (χ3v) is 3.20. The van der Waals surface area contributed by atoms with E-state index >= 15 is 0 Å². The van der Waals surface area contributed by atoms with Crippen LogP contribution in [-0.4, -0.2) is 11.9 Å². The molecule has 0 aromatic carbocycles. The molecule has 0 aliphatic carbocycles. The van der Waals surface area contributed by atoms with E-state index in [0.717, 1.165) is 3.79 Å². The van der Waals surface area contributed by atoms with E-state index < -0.39 is 6.04 Å². The van der Waals surface area contributed by atoms with Crippen molar-refractivity contribution in [2.45, 2.75) is 19.4 Å². The number of nitrogens with zero attached hydrogens (tertiary/aromatic N) is 1. The molecule has 5 heteroatoms. The Labute approximate surface area is 94.9 Å². The average molecular weight is 273 g/mol. The Kier molecular flexibility index (Phi) is 4.11. The Bertz CT molecular complexity index is 369. The Morgan fingerprint density at radius 1 is 1.86 bits per heavy atom. The zero-order valence-electron chi connectivity index (χ0n) is 7.58. The third-order valence-electron chi connectivity index (χ3n) is 1.70. The van der Waals surface area contributed by atoms with E-state index in [-0.39, 0.29) is 5.91 Å². The van der Waals surface area contributed by atoms with Crippen LogP contribution in [0.15, 0.2) is 15.2 Å². The molecule has 0 spiro atoms. The van der Waals surface area contributed by atoms with Crippen LogP contribution in [0.1, 0.15) is 23.7 Å². The van der Waals surface area contributed by atoms with Crippen LogP contribution < -0.4 is 5.32 Å². The van der Waals surface area contributed by atoms with Gasteiger partial charge in [-0.3, -0.25) is 4.79 Å². The maximum Gasteiger partial charge on any atom is 0.253 e. The van der Waals surface area contributed by atoms with Crippen molar-refractivity contribution >= 4 is 33.2 Å². The molecule has 1 aromatic heterocycles. The fourth-order valence-electron chi connectivity index (χ4n) is 0.896. The van der Waals surface area contributed by atoms with Gasteiger partial charge in [0.15, 0.2) is 0 Å². The van der Waals surface area contributed by atoms with Crippen LogP contribution in [0, 0.1) is 11.3 Å². The van der Waals surface area contributed by atoms with Crippen molar-refractivity contribution < 1.29 is 4.79 Å². The number of nitriles is 1. The van der Waals surface area contributed by atoms with Crippen LogP contribution >= 0.6 is 27.3 Å². The summed E-state index contributed by atoms with van der Waals surface area (Å²) in [5.74, 6) is -0.194. The van der Waals surface area contributed by atoms with Gasteiger partial charge in [0.2, 0.25) is 0 Å². The van der Waals surface area contributed by atoms with Gasteiger partial charge in [-0.15, -0.1) is 11.3 Å². The summed E-state index contributed by atoms with van der Waals surface area (Å²) < 4.78 is 0.910. The second-order valence-corrected chi connectivity index (χ2v) is 4.99. The Morgan fingerprint density at radius 2 is 2.57 bits per heavy atom. The molecule has 0 aliphatic rings. The van der Waals surface area contributed by atoms with Crippen molar-refractivity contribution in [3.8, 4) is 6.07 Å². The number of amides is 1. The van der Waals surface area contributed by atoms with E-state index in [1.54, 1.807) is 11.4 Å². The lowest BCUT2D eigenvalue weighted by molar-refractivity contribution is 0.0945. The highest BCUT2D eigenvalue weighted by Gasteiger charge is 2.12. The van der Waals surface area contributed by atoms with Gasteiger partial charge in [-0.05, 0) is 28.4 Å². The van der Waals surface area contributed by atoms with E-state index in [4.69, 9.17) is 5.26 Å². The fraction of sp³-hybridized carbons (Fsp3) is 0.333. The van der Waals surface area contributed by atoms with Gasteiger partial charge in [-0.2, -0.15) is 5.26 Å². The molecule has 0 saturated carbocycles. The summed E-state index contributed by atoms with van der Waals surface area (Å²) in [6.07, 6.45) is 0.619. The number of rotatable bonds is 3. The number of hydrogen-bond donors (Lipinski definition) is 1. The summed E-state index contributed by atoms with van der Waals surface area (Å²) in [4.78, 5) is 11.5. The SMILES string of the molecule is CCC(C#N)NC(=O)c1csc(Br)c1. The predicted molar refractivity (Wildman–Crippen MR) is 59.2 cm³/mol. The minimum atomic E-state index is -0.402. The van der Waals surface area contributed by atoms with Crippen LogP contribution in [0.5, 0.6) is 0 Å². The van der Waals surface area contributed by atoms with E-state index in [9.17, 15) is 4.79 Å². The molecule has 1 unspecified atom stereocenters. The highest BCUT2D eigenvalue weighted by Crippen LogP contribution is 2.20. The van der Waals surface area contributed by atoms with Crippen LogP contribution in [0.4, 0.5) is 0 Å². The molecule has 74 valence electrons. The zero-order valence-corrected chi connectivity index (χ0v) is 9.98. The van der Waals surface area contributed by atoms with Gasteiger partial charge in [-0.1, -0.05) is 6.92 Å². The van der Waals surface area contributed by atoms with Gasteiger partial charge >= 0.3 is 0 Å². The Hall–Kier alpha value is -0.860. The van der Waals surface area contributed by atoms with E-state index in [1.165, 1.54) is 11.3 Å². The first-order valence-electron chi connectivity index (χ1n) is 4.12. The van der Waals surface area contributed by atoms with Crippen molar-refractivity contribution in [1.29, 1.82) is 5.26 Å². The predicted octanol–water partition coefficient (Wildman–Crippen LogP) is 2.54. The number of carbonyl (C=O) groups excluding carboxylic acids is 1. The molecule has 0 radical (unpaired) electrons. The maximum atomic E-state index is 11.5.